The van der Waals surface area contributed by atoms with Crippen LogP contribution in [0.3, 0.4) is 0 Å². The van der Waals surface area contributed by atoms with Crippen molar-refractivity contribution in [3.63, 3.8) is 0 Å². The van der Waals surface area contributed by atoms with Gasteiger partial charge in [-0.05, 0) is 54.5 Å². The normalized spacial score (nSPS) is 10.6. The summed E-state index contributed by atoms with van der Waals surface area (Å²) in [6.07, 6.45) is 3.98. The first-order chi connectivity index (χ1) is 11.6. The highest BCUT2D eigenvalue weighted by Crippen LogP contribution is 2.13. The first-order valence-corrected chi connectivity index (χ1v) is 8.39. The molecule has 124 valence electrons. The number of amides is 1. The monoisotopic (exact) mass is 387 g/mol. The predicted molar refractivity (Wildman–Crippen MR) is 98.8 cm³/mol. The first kappa shape index (κ1) is 17.9. The lowest BCUT2D eigenvalue weighted by Gasteiger charge is -2.05. The summed E-state index contributed by atoms with van der Waals surface area (Å²) in [7, 11) is 0. The highest BCUT2D eigenvalue weighted by Gasteiger charge is 2.06. The lowest BCUT2D eigenvalue weighted by atomic mass is 10.2. The number of anilines is 1. The molecule has 1 N–H and O–H groups in total. The van der Waals surface area contributed by atoms with Crippen molar-refractivity contribution in [3.8, 4) is 0 Å². The molecule has 0 bridgehead atoms. The summed E-state index contributed by atoms with van der Waals surface area (Å²) in [5, 5.41) is 2.75. The molecule has 0 fully saturated rings. The Balaban J connectivity index is 1.92. The number of esters is 1. The lowest BCUT2D eigenvalue weighted by Crippen LogP contribution is -2.09. The van der Waals surface area contributed by atoms with E-state index in [2.05, 4.69) is 21.2 Å². The van der Waals surface area contributed by atoms with Gasteiger partial charge in [0.1, 0.15) is 0 Å². The van der Waals surface area contributed by atoms with Gasteiger partial charge in [-0.25, -0.2) is 4.79 Å². The number of ether oxygens (including phenoxy) is 1. The van der Waals surface area contributed by atoms with E-state index >= 15 is 0 Å². The smallest absolute Gasteiger partial charge is 0.338 e. The molecule has 0 saturated heterocycles. The maximum atomic E-state index is 11.9. The fraction of sp³-hybridized carbons (Fsp3) is 0.158. The van der Waals surface area contributed by atoms with Crippen molar-refractivity contribution < 1.29 is 14.3 Å². The number of halogens is 1. The number of hydrogen-bond donors (Lipinski definition) is 1. The Bertz CT molecular complexity index is 721. The number of carbonyl (C=O) groups excluding carboxylic acids is 2. The van der Waals surface area contributed by atoms with Crippen molar-refractivity contribution in [2.75, 3.05) is 11.9 Å². The topological polar surface area (TPSA) is 55.4 Å². The van der Waals surface area contributed by atoms with Crippen LogP contribution in [0.5, 0.6) is 0 Å². The molecule has 0 saturated carbocycles. The summed E-state index contributed by atoms with van der Waals surface area (Å²) in [6.45, 7) is 2.34. The summed E-state index contributed by atoms with van der Waals surface area (Å²) in [4.78, 5) is 23.6. The van der Waals surface area contributed by atoms with E-state index in [1.165, 1.54) is 6.08 Å². The molecule has 0 aliphatic heterocycles. The van der Waals surface area contributed by atoms with E-state index in [9.17, 15) is 9.59 Å². The Morgan fingerprint density at radius 1 is 1.08 bits per heavy atom. The van der Waals surface area contributed by atoms with Crippen molar-refractivity contribution in [1.29, 1.82) is 0 Å². The lowest BCUT2D eigenvalue weighted by molar-refractivity contribution is -0.111. The quantitative estimate of drug-likeness (QED) is 0.578. The fourth-order valence-corrected chi connectivity index (χ4v) is 2.16. The van der Waals surface area contributed by atoms with Gasteiger partial charge < -0.3 is 10.1 Å². The van der Waals surface area contributed by atoms with Crippen molar-refractivity contribution in [1.82, 2.24) is 0 Å². The second kappa shape index (κ2) is 9.03. The van der Waals surface area contributed by atoms with E-state index in [1.807, 2.05) is 31.2 Å². The van der Waals surface area contributed by atoms with Crippen LogP contribution in [-0.4, -0.2) is 18.5 Å². The minimum atomic E-state index is -0.357. The summed E-state index contributed by atoms with van der Waals surface area (Å²) < 4.78 is 6.04. The minimum absolute atomic E-state index is 0.237. The first-order valence-electron chi connectivity index (χ1n) is 7.60. The van der Waals surface area contributed by atoms with Crippen LogP contribution >= 0.6 is 15.9 Å². The van der Waals surface area contributed by atoms with Gasteiger partial charge in [0.2, 0.25) is 5.91 Å². The van der Waals surface area contributed by atoms with E-state index < -0.39 is 0 Å². The van der Waals surface area contributed by atoms with Crippen LogP contribution in [0.25, 0.3) is 6.08 Å². The average molecular weight is 388 g/mol. The molecule has 0 heterocycles. The highest BCUT2D eigenvalue weighted by molar-refractivity contribution is 9.10. The van der Waals surface area contributed by atoms with Gasteiger partial charge in [0, 0.05) is 16.2 Å². The van der Waals surface area contributed by atoms with Gasteiger partial charge in [-0.1, -0.05) is 35.0 Å². The van der Waals surface area contributed by atoms with Gasteiger partial charge in [-0.2, -0.15) is 0 Å². The number of benzene rings is 2. The van der Waals surface area contributed by atoms with Gasteiger partial charge in [0.05, 0.1) is 12.2 Å². The van der Waals surface area contributed by atoms with E-state index in [1.54, 1.807) is 30.3 Å². The summed E-state index contributed by atoms with van der Waals surface area (Å²) in [5.41, 5.74) is 2.02. The third-order valence-corrected chi connectivity index (χ3v) is 3.65. The fourth-order valence-electron chi connectivity index (χ4n) is 1.90. The van der Waals surface area contributed by atoms with E-state index in [-0.39, 0.29) is 11.9 Å². The molecule has 2 aromatic rings. The summed E-state index contributed by atoms with van der Waals surface area (Å²) in [5.74, 6) is -0.593. The van der Waals surface area contributed by atoms with E-state index in [0.29, 0.717) is 17.9 Å². The second-order valence-electron chi connectivity index (χ2n) is 5.09. The second-order valence-corrected chi connectivity index (χ2v) is 6.00. The zero-order valence-corrected chi connectivity index (χ0v) is 14.9. The van der Waals surface area contributed by atoms with E-state index in [4.69, 9.17) is 4.74 Å². The standard InChI is InChI=1S/C19H18BrNO3/c1-2-13-24-19(23)15-6-10-17(11-7-15)21-18(22)12-5-14-3-8-16(20)9-4-14/h3-12H,2,13H2,1H3,(H,21,22). The van der Waals surface area contributed by atoms with Crippen molar-refractivity contribution in [2.45, 2.75) is 13.3 Å². The van der Waals surface area contributed by atoms with Crippen LogP contribution in [0, 0.1) is 0 Å². The Morgan fingerprint density at radius 2 is 1.75 bits per heavy atom. The summed E-state index contributed by atoms with van der Waals surface area (Å²) in [6, 6.07) is 14.2. The van der Waals surface area contributed by atoms with Crippen molar-refractivity contribution in [3.05, 3.63) is 70.2 Å². The molecule has 0 aliphatic rings. The number of nitrogens with one attached hydrogen (secondary N) is 1. The molecular weight excluding hydrogens is 370 g/mol. The molecule has 0 aromatic heterocycles. The van der Waals surface area contributed by atoms with Gasteiger partial charge in [0.15, 0.2) is 0 Å². The average Bonchev–Trinajstić information content (AvgIpc) is 2.60. The molecule has 0 aliphatic carbocycles. The van der Waals surface area contributed by atoms with Gasteiger partial charge in [-0.3, -0.25) is 4.79 Å². The zero-order chi connectivity index (χ0) is 17.4. The maximum Gasteiger partial charge on any atom is 0.338 e. The van der Waals surface area contributed by atoms with Crippen molar-refractivity contribution >= 4 is 39.6 Å². The molecule has 0 spiro atoms. The zero-order valence-electron chi connectivity index (χ0n) is 13.3. The number of rotatable bonds is 6. The minimum Gasteiger partial charge on any atom is -0.462 e. The molecule has 0 radical (unpaired) electrons. The van der Waals surface area contributed by atoms with Crippen LogP contribution < -0.4 is 5.32 Å². The molecule has 4 nitrogen and oxygen atoms in total. The molecule has 2 aromatic carbocycles. The SMILES string of the molecule is CCCOC(=O)c1ccc(NC(=O)C=Cc2ccc(Br)cc2)cc1. The number of hydrogen-bond acceptors (Lipinski definition) is 3. The molecule has 2 rings (SSSR count). The maximum absolute atomic E-state index is 11.9. The van der Waals surface area contributed by atoms with Crippen LogP contribution in [0.4, 0.5) is 5.69 Å². The van der Waals surface area contributed by atoms with Gasteiger partial charge in [-0.15, -0.1) is 0 Å². The Morgan fingerprint density at radius 3 is 2.38 bits per heavy atom. The van der Waals surface area contributed by atoms with Crippen LogP contribution in [0.15, 0.2) is 59.1 Å². The Kier molecular flexibility index (Phi) is 6.75. The van der Waals surface area contributed by atoms with E-state index in [0.717, 1.165) is 16.5 Å². The van der Waals surface area contributed by atoms with Gasteiger partial charge >= 0.3 is 5.97 Å². The Hall–Kier alpha value is -2.40. The molecule has 24 heavy (non-hydrogen) atoms. The van der Waals surface area contributed by atoms with Crippen LogP contribution in [0.1, 0.15) is 29.3 Å². The molecular formula is C19H18BrNO3. The van der Waals surface area contributed by atoms with Gasteiger partial charge in [0.25, 0.3) is 0 Å². The molecule has 0 unspecified atom stereocenters. The summed E-state index contributed by atoms with van der Waals surface area (Å²) >= 11 is 3.36. The van der Waals surface area contributed by atoms with Crippen molar-refractivity contribution in [2.24, 2.45) is 0 Å². The highest BCUT2D eigenvalue weighted by atomic mass is 79.9. The number of carbonyl (C=O) groups is 2. The largest absolute Gasteiger partial charge is 0.462 e. The predicted octanol–water partition coefficient (Wildman–Crippen LogP) is 4.67. The molecule has 1 amide bonds. The molecule has 0 atom stereocenters. The van der Waals surface area contributed by atoms with Crippen LogP contribution in [-0.2, 0) is 9.53 Å². The molecule has 5 heteroatoms. The third kappa shape index (κ3) is 5.66. The third-order valence-electron chi connectivity index (χ3n) is 3.12. The van der Waals surface area contributed by atoms with Crippen LogP contribution in [0.2, 0.25) is 0 Å². The Labute approximate surface area is 149 Å².